The third-order valence-electron chi connectivity index (χ3n) is 3.84. The summed E-state index contributed by atoms with van der Waals surface area (Å²) in [6.45, 7) is 10.8. The number of likely N-dealkylation sites (tertiary alicyclic amines) is 1. The first-order chi connectivity index (χ1) is 5.61. The van der Waals surface area contributed by atoms with Gasteiger partial charge in [-0.15, -0.1) is 0 Å². The van der Waals surface area contributed by atoms with Crippen LogP contribution in [-0.4, -0.2) is 23.5 Å². The lowest BCUT2D eigenvalue weighted by Gasteiger charge is -2.63. The van der Waals surface area contributed by atoms with Crippen molar-refractivity contribution in [2.75, 3.05) is 6.54 Å². The van der Waals surface area contributed by atoms with E-state index in [1.807, 2.05) is 0 Å². The van der Waals surface area contributed by atoms with Crippen molar-refractivity contribution in [2.45, 2.75) is 46.2 Å². The minimum Gasteiger partial charge on any atom is -0.297 e. The van der Waals surface area contributed by atoms with Gasteiger partial charge >= 0.3 is 0 Å². The van der Waals surface area contributed by atoms with Crippen LogP contribution in [0.4, 0.5) is 0 Å². The summed E-state index contributed by atoms with van der Waals surface area (Å²) in [4.78, 5) is 2.68. The number of rotatable bonds is 2. The van der Waals surface area contributed by atoms with Gasteiger partial charge in [-0.1, -0.05) is 13.8 Å². The zero-order valence-corrected chi connectivity index (χ0v) is 8.75. The van der Waals surface area contributed by atoms with Gasteiger partial charge in [0.1, 0.15) is 0 Å². The van der Waals surface area contributed by atoms with Gasteiger partial charge in [0.25, 0.3) is 0 Å². The highest BCUT2D eigenvalue weighted by atomic mass is 15.3. The Labute approximate surface area is 76.1 Å². The fourth-order valence-electron chi connectivity index (χ4n) is 2.96. The van der Waals surface area contributed by atoms with Crippen molar-refractivity contribution in [3.8, 4) is 0 Å². The average Bonchev–Trinajstić information content (AvgIpc) is 1.92. The predicted molar refractivity (Wildman–Crippen MR) is 52.1 cm³/mol. The van der Waals surface area contributed by atoms with Gasteiger partial charge in [0.15, 0.2) is 0 Å². The molecule has 0 spiro atoms. The zero-order chi connectivity index (χ0) is 8.88. The quantitative estimate of drug-likeness (QED) is 0.610. The SMILES string of the molecule is CC(C)C1CC2CN(C(C)C)C21. The molecule has 2 rings (SSSR count). The fourth-order valence-corrected chi connectivity index (χ4v) is 2.96. The highest BCUT2D eigenvalue weighted by molar-refractivity contribution is 5.06. The lowest BCUT2D eigenvalue weighted by atomic mass is 9.59. The molecule has 0 aromatic heterocycles. The summed E-state index contributed by atoms with van der Waals surface area (Å²) >= 11 is 0. The van der Waals surface area contributed by atoms with Gasteiger partial charge in [-0.25, -0.2) is 0 Å². The van der Waals surface area contributed by atoms with Crippen LogP contribution in [0.3, 0.4) is 0 Å². The van der Waals surface area contributed by atoms with Crippen molar-refractivity contribution in [2.24, 2.45) is 17.8 Å². The summed E-state index contributed by atoms with van der Waals surface area (Å²) in [6.07, 6.45) is 1.51. The van der Waals surface area contributed by atoms with Crippen molar-refractivity contribution in [3.05, 3.63) is 0 Å². The van der Waals surface area contributed by atoms with Crippen LogP contribution in [0.15, 0.2) is 0 Å². The van der Waals surface area contributed by atoms with E-state index in [9.17, 15) is 0 Å². The van der Waals surface area contributed by atoms with Crippen molar-refractivity contribution < 1.29 is 0 Å². The number of hydrogen-bond acceptors (Lipinski definition) is 1. The van der Waals surface area contributed by atoms with Gasteiger partial charge in [0.2, 0.25) is 0 Å². The molecule has 3 unspecified atom stereocenters. The first kappa shape index (κ1) is 8.55. The monoisotopic (exact) mass is 167 g/mol. The Kier molecular flexibility index (Phi) is 1.95. The Bertz CT molecular complexity index is 156. The maximum Gasteiger partial charge on any atom is 0.0169 e. The molecule has 1 heteroatoms. The van der Waals surface area contributed by atoms with E-state index in [2.05, 4.69) is 32.6 Å². The van der Waals surface area contributed by atoms with Crippen molar-refractivity contribution in [1.82, 2.24) is 4.90 Å². The summed E-state index contributed by atoms with van der Waals surface area (Å²) in [5.74, 6) is 2.97. The van der Waals surface area contributed by atoms with Crippen LogP contribution in [0.2, 0.25) is 0 Å². The number of nitrogens with zero attached hydrogens (tertiary/aromatic N) is 1. The van der Waals surface area contributed by atoms with Crippen LogP contribution in [0.1, 0.15) is 34.1 Å². The molecular weight excluding hydrogens is 146 g/mol. The lowest BCUT2D eigenvalue weighted by Crippen LogP contribution is -2.69. The summed E-state index contributed by atoms with van der Waals surface area (Å²) in [7, 11) is 0. The topological polar surface area (TPSA) is 3.24 Å². The summed E-state index contributed by atoms with van der Waals surface area (Å²) in [5.41, 5.74) is 0. The van der Waals surface area contributed by atoms with Gasteiger partial charge in [0.05, 0.1) is 0 Å². The molecular formula is C11H21N. The Balaban J connectivity index is 1.93. The maximum atomic E-state index is 2.68. The van der Waals surface area contributed by atoms with Gasteiger partial charge in [-0.2, -0.15) is 0 Å². The van der Waals surface area contributed by atoms with Crippen molar-refractivity contribution in [1.29, 1.82) is 0 Å². The second kappa shape index (κ2) is 2.73. The molecule has 70 valence electrons. The normalized spacial score (nSPS) is 41.0. The largest absolute Gasteiger partial charge is 0.297 e. The van der Waals surface area contributed by atoms with Crippen LogP contribution >= 0.6 is 0 Å². The standard InChI is InChI=1S/C11H21N/c1-7(2)10-5-9-6-12(8(3)4)11(9)10/h7-11H,5-6H2,1-4H3. The second-order valence-corrected chi connectivity index (χ2v) is 5.18. The molecule has 0 aromatic carbocycles. The van der Waals surface area contributed by atoms with Crippen LogP contribution in [-0.2, 0) is 0 Å². The summed E-state index contributed by atoms with van der Waals surface area (Å²) < 4.78 is 0. The molecule has 2 aliphatic rings. The molecule has 1 saturated carbocycles. The zero-order valence-electron chi connectivity index (χ0n) is 8.75. The number of piperidine rings is 1. The molecule has 1 aliphatic carbocycles. The van der Waals surface area contributed by atoms with E-state index in [-0.39, 0.29) is 0 Å². The second-order valence-electron chi connectivity index (χ2n) is 5.18. The molecule has 1 nitrogen and oxygen atoms in total. The smallest absolute Gasteiger partial charge is 0.0169 e. The average molecular weight is 167 g/mol. The summed E-state index contributed by atoms with van der Waals surface area (Å²) in [5, 5.41) is 0. The van der Waals surface area contributed by atoms with E-state index in [1.165, 1.54) is 13.0 Å². The maximum absolute atomic E-state index is 2.68. The van der Waals surface area contributed by atoms with E-state index < -0.39 is 0 Å². The molecule has 12 heavy (non-hydrogen) atoms. The van der Waals surface area contributed by atoms with Crippen LogP contribution in [0.5, 0.6) is 0 Å². The molecule has 1 saturated heterocycles. The van der Waals surface area contributed by atoms with Gasteiger partial charge < -0.3 is 0 Å². The van der Waals surface area contributed by atoms with E-state index in [0.717, 1.165) is 29.8 Å². The number of hydrogen-bond donors (Lipinski definition) is 0. The molecule has 1 heterocycles. The first-order valence-corrected chi connectivity index (χ1v) is 5.37. The molecule has 2 fully saturated rings. The third-order valence-corrected chi connectivity index (χ3v) is 3.84. The third kappa shape index (κ3) is 1.02. The van der Waals surface area contributed by atoms with Crippen molar-refractivity contribution >= 4 is 0 Å². The molecule has 0 bridgehead atoms. The van der Waals surface area contributed by atoms with Gasteiger partial charge in [-0.05, 0) is 38.0 Å². The lowest BCUT2D eigenvalue weighted by molar-refractivity contribution is -0.140. The Morgan fingerprint density at radius 1 is 1.17 bits per heavy atom. The van der Waals surface area contributed by atoms with Crippen molar-refractivity contribution in [3.63, 3.8) is 0 Å². The highest BCUT2D eigenvalue weighted by Crippen LogP contribution is 2.50. The minimum atomic E-state index is 0.771. The predicted octanol–water partition coefficient (Wildman–Crippen LogP) is 2.37. The Morgan fingerprint density at radius 2 is 1.83 bits per heavy atom. The molecule has 0 aromatic rings. The molecule has 3 atom stereocenters. The molecule has 0 N–H and O–H groups in total. The Morgan fingerprint density at radius 3 is 2.25 bits per heavy atom. The van der Waals surface area contributed by atoms with E-state index in [0.29, 0.717) is 0 Å². The number of fused-ring (bicyclic) bond motifs is 1. The Hall–Kier alpha value is -0.0400. The van der Waals surface area contributed by atoms with Crippen LogP contribution in [0.25, 0.3) is 0 Å². The first-order valence-electron chi connectivity index (χ1n) is 5.37. The highest BCUT2D eigenvalue weighted by Gasteiger charge is 2.53. The van der Waals surface area contributed by atoms with Crippen LogP contribution in [0, 0.1) is 17.8 Å². The summed E-state index contributed by atoms with van der Waals surface area (Å²) in [6, 6.07) is 1.73. The molecule has 1 aliphatic heterocycles. The van der Waals surface area contributed by atoms with E-state index in [4.69, 9.17) is 0 Å². The van der Waals surface area contributed by atoms with Gasteiger partial charge in [0, 0.05) is 18.6 Å². The van der Waals surface area contributed by atoms with E-state index >= 15 is 0 Å². The molecule has 0 radical (unpaired) electrons. The fraction of sp³-hybridized carbons (Fsp3) is 1.00. The minimum absolute atomic E-state index is 0.771. The van der Waals surface area contributed by atoms with Crippen LogP contribution < -0.4 is 0 Å². The molecule has 0 amide bonds. The van der Waals surface area contributed by atoms with Gasteiger partial charge in [-0.3, -0.25) is 4.90 Å². The van der Waals surface area contributed by atoms with E-state index in [1.54, 1.807) is 0 Å².